The molecule has 29 heavy (non-hydrogen) atoms. The van der Waals surface area contributed by atoms with Gasteiger partial charge in [-0.2, -0.15) is 0 Å². The van der Waals surface area contributed by atoms with Gasteiger partial charge in [-0.25, -0.2) is 0 Å². The first-order chi connectivity index (χ1) is 14.0. The van der Waals surface area contributed by atoms with E-state index in [-0.39, 0.29) is 22.5 Å². The minimum Gasteiger partial charge on any atom is -0.289 e. The summed E-state index contributed by atoms with van der Waals surface area (Å²) in [6.07, 6.45) is 0. The Hall–Kier alpha value is -3.59. The van der Waals surface area contributed by atoms with Gasteiger partial charge in [-0.1, -0.05) is 92.7 Å². The Bertz CT molecular complexity index is 1150. The molecule has 0 aromatic heterocycles. The van der Waals surface area contributed by atoms with Crippen molar-refractivity contribution in [3.05, 3.63) is 112 Å². The Morgan fingerprint density at radius 1 is 0.690 bits per heavy atom. The molecule has 3 aromatic carbocycles. The van der Waals surface area contributed by atoms with Gasteiger partial charge in [0.15, 0.2) is 17.3 Å². The zero-order valence-corrected chi connectivity index (χ0v) is 16.3. The van der Waals surface area contributed by atoms with Crippen LogP contribution in [0.4, 0.5) is 0 Å². The summed E-state index contributed by atoms with van der Waals surface area (Å²) >= 11 is 0. The van der Waals surface area contributed by atoms with E-state index in [2.05, 4.69) is 13.8 Å². The lowest BCUT2D eigenvalue weighted by Crippen LogP contribution is -2.26. The van der Waals surface area contributed by atoms with Crippen molar-refractivity contribution in [2.24, 2.45) is 0 Å². The minimum atomic E-state index is -0.429. The van der Waals surface area contributed by atoms with Crippen LogP contribution < -0.4 is 0 Å². The smallest absolute Gasteiger partial charge is 0.198 e. The summed E-state index contributed by atoms with van der Waals surface area (Å²) in [5, 5.41) is 0. The minimum absolute atomic E-state index is 0.0582. The second kappa shape index (κ2) is 7.44. The average molecular weight is 380 g/mol. The molecular weight excluding hydrogens is 360 g/mol. The van der Waals surface area contributed by atoms with E-state index in [4.69, 9.17) is 0 Å². The van der Waals surface area contributed by atoms with Gasteiger partial charge in [0.2, 0.25) is 0 Å². The third-order valence-corrected chi connectivity index (χ3v) is 5.25. The van der Waals surface area contributed by atoms with Crippen LogP contribution in [0.5, 0.6) is 0 Å². The number of ketones is 3. The number of hydrogen-bond acceptors (Lipinski definition) is 3. The van der Waals surface area contributed by atoms with Crippen LogP contribution in [-0.2, 0) is 0 Å². The van der Waals surface area contributed by atoms with Crippen LogP contribution in [0, 0.1) is 0 Å². The molecule has 0 heterocycles. The predicted octanol–water partition coefficient (Wildman–Crippen LogP) is 5.53. The van der Waals surface area contributed by atoms with Crippen LogP contribution in [0.25, 0.3) is 5.57 Å². The van der Waals surface area contributed by atoms with E-state index in [9.17, 15) is 14.4 Å². The van der Waals surface area contributed by atoms with Crippen molar-refractivity contribution in [1.29, 1.82) is 0 Å². The quantitative estimate of drug-likeness (QED) is 0.442. The van der Waals surface area contributed by atoms with E-state index in [1.54, 1.807) is 54.6 Å². The maximum atomic E-state index is 13.4. The molecule has 0 atom stereocenters. The van der Waals surface area contributed by atoms with Crippen LogP contribution >= 0.6 is 0 Å². The van der Waals surface area contributed by atoms with Gasteiger partial charge >= 0.3 is 0 Å². The number of Topliss-reactive ketones (excluding diaryl/α,β-unsaturated/α-hetero) is 3. The summed E-state index contributed by atoms with van der Waals surface area (Å²) < 4.78 is 0. The van der Waals surface area contributed by atoms with Crippen molar-refractivity contribution in [2.75, 3.05) is 0 Å². The molecule has 0 fully saturated rings. The number of hydrogen-bond donors (Lipinski definition) is 0. The fraction of sp³-hybridized carbons (Fsp3) is 0.115. The summed E-state index contributed by atoms with van der Waals surface area (Å²) in [7, 11) is 0. The second-order valence-corrected chi connectivity index (χ2v) is 7.43. The van der Waals surface area contributed by atoms with Gasteiger partial charge in [-0.15, -0.1) is 0 Å². The predicted molar refractivity (Wildman–Crippen MR) is 113 cm³/mol. The van der Waals surface area contributed by atoms with Crippen LogP contribution in [0.3, 0.4) is 0 Å². The molecule has 0 unspecified atom stereocenters. The lowest BCUT2D eigenvalue weighted by molar-refractivity contribution is 0.0940. The summed E-state index contributed by atoms with van der Waals surface area (Å²) in [6.45, 7) is 4.17. The Morgan fingerprint density at radius 2 is 1.24 bits per heavy atom. The molecule has 3 aromatic rings. The highest BCUT2D eigenvalue weighted by Gasteiger charge is 2.36. The van der Waals surface area contributed by atoms with Crippen LogP contribution in [0.1, 0.15) is 62.0 Å². The average Bonchev–Trinajstić information content (AvgIpc) is 2.76. The van der Waals surface area contributed by atoms with Gasteiger partial charge in [-0.3, -0.25) is 14.4 Å². The second-order valence-electron chi connectivity index (χ2n) is 7.43. The maximum Gasteiger partial charge on any atom is 0.198 e. The molecule has 3 heteroatoms. The molecule has 0 spiro atoms. The molecule has 0 radical (unpaired) electrons. The van der Waals surface area contributed by atoms with Crippen molar-refractivity contribution in [3.63, 3.8) is 0 Å². The number of carbonyl (C=O) groups is 3. The first-order valence-corrected chi connectivity index (χ1v) is 9.62. The van der Waals surface area contributed by atoms with E-state index in [0.29, 0.717) is 22.6 Å². The van der Waals surface area contributed by atoms with Crippen LogP contribution in [0.15, 0.2) is 84.4 Å². The van der Waals surface area contributed by atoms with Gasteiger partial charge in [0, 0.05) is 22.3 Å². The van der Waals surface area contributed by atoms with Crippen molar-refractivity contribution in [1.82, 2.24) is 0 Å². The highest BCUT2D eigenvalue weighted by Crippen LogP contribution is 2.34. The van der Waals surface area contributed by atoms with Gasteiger partial charge in [0.05, 0.1) is 5.57 Å². The maximum absolute atomic E-state index is 13.4. The zero-order valence-electron chi connectivity index (χ0n) is 16.3. The van der Waals surface area contributed by atoms with Gasteiger partial charge in [0.25, 0.3) is 0 Å². The standard InChI is InChI=1S/C26H20O3/c1-16(2)17-12-14-18(15-13-17)22-23(24(27)19-8-4-3-5-9-19)26(29)21-11-7-6-10-20(21)25(22)28/h3-16H,1-2H3. The monoisotopic (exact) mass is 380 g/mol. The molecule has 0 N–H and O–H groups in total. The van der Waals surface area contributed by atoms with E-state index < -0.39 is 11.6 Å². The lowest BCUT2D eigenvalue weighted by Gasteiger charge is -2.21. The SMILES string of the molecule is CC(C)c1ccc(C2=C(C(=O)c3ccccc3)C(=O)c3ccccc3C2=O)cc1. The molecule has 0 saturated heterocycles. The molecule has 3 nitrogen and oxygen atoms in total. The molecule has 4 rings (SSSR count). The number of carbonyl (C=O) groups excluding carboxylic acids is 3. The zero-order chi connectivity index (χ0) is 20.5. The highest BCUT2D eigenvalue weighted by atomic mass is 16.2. The number of allylic oxidation sites excluding steroid dienone is 2. The summed E-state index contributed by atoms with van der Waals surface area (Å²) in [6, 6.07) is 22.8. The van der Waals surface area contributed by atoms with Crippen LogP contribution in [0.2, 0.25) is 0 Å². The molecule has 1 aliphatic carbocycles. The molecular formula is C26H20O3. The largest absolute Gasteiger partial charge is 0.289 e. The third-order valence-electron chi connectivity index (χ3n) is 5.25. The van der Waals surface area contributed by atoms with E-state index >= 15 is 0 Å². The van der Waals surface area contributed by atoms with Crippen molar-refractivity contribution < 1.29 is 14.4 Å². The van der Waals surface area contributed by atoms with E-state index in [1.165, 1.54) is 0 Å². The topological polar surface area (TPSA) is 51.2 Å². The highest BCUT2D eigenvalue weighted by molar-refractivity contribution is 6.49. The van der Waals surface area contributed by atoms with Crippen molar-refractivity contribution >= 4 is 22.9 Å². The molecule has 1 aliphatic rings. The van der Waals surface area contributed by atoms with Crippen molar-refractivity contribution in [3.8, 4) is 0 Å². The Morgan fingerprint density at radius 3 is 1.83 bits per heavy atom. The Labute approximate surface area is 169 Å². The first-order valence-electron chi connectivity index (χ1n) is 9.62. The third kappa shape index (κ3) is 3.25. The number of rotatable bonds is 4. The number of benzene rings is 3. The van der Waals surface area contributed by atoms with Crippen LogP contribution in [-0.4, -0.2) is 17.3 Å². The Balaban J connectivity index is 1.95. The van der Waals surface area contributed by atoms with Gasteiger partial charge in [0.1, 0.15) is 0 Å². The molecule has 0 bridgehead atoms. The van der Waals surface area contributed by atoms with Gasteiger partial charge in [-0.05, 0) is 17.0 Å². The summed E-state index contributed by atoms with van der Waals surface area (Å²) in [5.74, 6) is -0.789. The van der Waals surface area contributed by atoms with E-state index in [1.807, 2.05) is 24.3 Å². The summed E-state index contributed by atoms with van der Waals surface area (Å²) in [4.78, 5) is 40.0. The first kappa shape index (κ1) is 18.8. The van der Waals surface area contributed by atoms with E-state index in [0.717, 1.165) is 5.56 Å². The fourth-order valence-electron chi connectivity index (χ4n) is 3.64. The molecule has 142 valence electrons. The molecule has 0 amide bonds. The molecule has 0 aliphatic heterocycles. The molecule has 0 saturated carbocycles. The summed E-state index contributed by atoms with van der Waals surface area (Å²) in [5.41, 5.74) is 2.83. The lowest BCUT2D eigenvalue weighted by atomic mass is 9.78. The Kier molecular flexibility index (Phi) is 4.81. The number of fused-ring (bicyclic) bond motifs is 1. The fourth-order valence-corrected chi connectivity index (χ4v) is 3.64. The normalized spacial score (nSPS) is 13.6. The van der Waals surface area contributed by atoms with Crippen molar-refractivity contribution in [2.45, 2.75) is 19.8 Å². The van der Waals surface area contributed by atoms with Gasteiger partial charge < -0.3 is 0 Å².